The number of carbonyl (C=O) groups excluding carboxylic acids is 1. The summed E-state index contributed by atoms with van der Waals surface area (Å²) in [6.07, 6.45) is 0.197. The van der Waals surface area contributed by atoms with E-state index in [9.17, 15) is 4.79 Å². The highest BCUT2D eigenvalue weighted by Gasteiger charge is 2.09. The number of benzene rings is 1. The van der Waals surface area contributed by atoms with E-state index >= 15 is 0 Å². The molecule has 0 aromatic heterocycles. The zero-order valence-electron chi connectivity index (χ0n) is 8.58. The lowest BCUT2D eigenvalue weighted by molar-refractivity contribution is -0.118. The Labute approximate surface area is 84.1 Å². The van der Waals surface area contributed by atoms with Gasteiger partial charge in [-0.25, -0.2) is 0 Å². The van der Waals surface area contributed by atoms with Crippen molar-refractivity contribution in [3.8, 4) is 0 Å². The average Bonchev–Trinajstić information content (AvgIpc) is 2.08. The lowest BCUT2D eigenvalue weighted by atomic mass is 9.99. The van der Waals surface area contributed by atoms with Gasteiger partial charge in [0.25, 0.3) is 0 Å². The fraction of sp³-hybridized carbons (Fsp3) is 0.364. The molecule has 1 aromatic carbocycles. The standard InChI is InChI=1S/C11H16N2O/c1-7-3-4-9(5-8(7)2)10(12)6-11(13)14/h3-5,10H,6,12H2,1-2H3,(H2,13,14)/t10-/m0/s1. The summed E-state index contributed by atoms with van der Waals surface area (Å²) in [6, 6.07) is 5.66. The number of carbonyl (C=O) groups is 1. The van der Waals surface area contributed by atoms with Crippen LogP contribution in [-0.2, 0) is 4.79 Å². The number of hydrogen-bond acceptors (Lipinski definition) is 2. The van der Waals surface area contributed by atoms with E-state index in [0.717, 1.165) is 5.56 Å². The van der Waals surface area contributed by atoms with Gasteiger partial charge < -0.3 is 11.5 Å². The highest BCUT2D eigenvalue weighted by molar-refractivity contribution is 5.74. The molecule has 76 valence electrons. The first kappa shape index (κ1) is 10.7. The molecule has 1 rings (SSSR count). The van der Waals surface area contributed by atoms with Gasteiger partial charge in [0.15, 0.2) is 0 Å². The third-order valence-electron chi connectivity index (χ3n) is 2.38. The molecule has 3 nitrogen and oxygen atoms in total. The number of nitrogens with two attached hydrogens (primary N) is 2. The predicted octanol–water partition coefficient (Wildman–Crippen LogP) is 1.18. The van der Waals surface area contributed by atoms with E-state index in [4.69, 9.17) is 11.5 Å². The average molecular weight is 192 g/mol. The topological polar surface area (TPSA) is 69.1 Å². The van der Waals surface area contributed by atoms with Crippen molar-refractivity contribution in [2.24, 2.45) is 11.5 Å². The first-order chi connectivity index (χ1) is 6.50. The minimum Gasteiger partial charge on any atom is -0.370 e. The van der Waals surface area contributed by atoms with Gasteiger partial charge in [0, 0.05) is 12.5 Å². The molecule has 4 N–H and O–H groups in total. The van der Waals surface area contributed by atoms with Crippen LogP contribution in [0.3, 0.4) is 0 Å². The summed E-state index contributed by atoms with van der Waals surface area (Å²) >= 11 is 0. The van der Waals surface area contributed by atoms with E-state index in [-0.39, 0.29) is 18.4 Å². The summed E-state index contributed by atoms with van der Waals surface area (Å²) in [5.74, 6) is -0.365. The number of rotatable bonds is 3. The molecular formula is C11H16N2O. The molecule has 0 fully saturated rings. The van der Waals surface area contributed by atoms with Crippen molar-refractivity contribution in [2.45, 2.75) is 26.3 Å². The van der Waals surface area contributed by atoms with Crippen LogP contribution < -0.4 is 11.5 Å². The fourth-order valence-electron chi connectivity index (χ4n) is 1.33. The molecule has 1 amide bonds. The van der Waals surface area contributed by atoms with Gasteiger partial charge in [-0.2, -0.15) is 0 Å². The van der Waals surface area contributed by atoms with Crippen molar-refractivity contribution in [3.05, 3.63) is 34.9 Å². The molecule has 1 aromatic rings. The lowest BCUT2D eigenvalue weighted by Gasteiger charge is -2.11. The summed E-state index contributed by atoms with van der Waals surface area (Å²) in [4.78, 5) is 10.7. The summed E-state index contributed by atoms with van der Waals surface area (Å²) < 4.78 is 0. The molecule has 0 saturated heterocycles. The fourth-order valence-corrected chi connectivity index (χ4v) is 1.33. The van der Waals surface area contributed by atoms with Gasteiger partial charge in [-0.3, -0.25) is 4.79 Å². The Bertz CT molecular complexity index is 347. The smallest absolute Gasteiger partial charge is 0.219 e. The maximum absolute atomic E-state index is 10.7. The SMILES string of the molecule is Cc1ccc([C@@H](N)CC(N)=O)cc1C. The lowest BCUT2D eigenvalue weighted by Crippen LogP contribution is -2.20. The monoisotopic (exact) mass is 192 g/mol. The Morgan fingerprint density at radius 3 is 2.50 bits per heavy atom. The second-order valence-electron chi connectivity index (χ2n) is 3.62. The number of amides is 1. The van der Waals surface area contributed by atoms with Crippen LogP contribution in [0.4, 0.5) is 0 Å². The van der Waals surface area contributed by atoms with E-state index in [2.05, 4.69) is 0 Å². The largest absolute Gasteiger partial charge is 0.370 e. The third-order valence-corrected chi connectivity index (χ3v) is 2.38. The Morgan fingerprint density at radius 2 is 2.00 bits per heavy atom. The zero-order chi connectivity index (χ0) is 10.7. The summed E-state index contributed by atoms with van der Waals surface area (Å²) in [6.45, 7) is 4.06. The zero-order valence-corrected chi connectivity index (χ0v) is 8.58. The molecule has 0 aliphatic rings. The van der Waals surface area contributed by atoms with Gasteiger partial charge in [-0.15, -0.1) is 0 Å². The minimum atomic E-state index is -0.365. The minimum absolute atomic E-state index is 0.197. The summed E-state index contributed by atoms with van der Waals surface area (Å²) in [5.41, 5.74) is 14.3. The van der Waals surface area contributed by atoms with Gasteiger partial charge in [-0.05, 0) is 30.5 Å². The number of primary amides is 1. The Morgan fingerprint density at radius 1 is 1.36 bits per heavy atom. The predicted molar refractivity (Wildman–Crippen MR) is 56.7 cm³/mol. The number of aryl methyl sites for hydroxylation is 2. The van der Waals surface area contributed by atoms with Crippen LogP contribution >= 0.6 is 0 Å². The van der Waals surface area contributed by atoms with E-state index in [1.807, 2.05) is 32.0 Å². The van der Waals surface area contributed by atoms with E-state index in [1.54, 1.807) is 0 Å². The van der Waals surface area contributed by atoms with Crippen LogP contribution in [0.25, 0.3) is 0 Å². The van der Waals surface area contributed by atoms with Crippen LogP contribution in [-0.4, -0.2) is 5.91 Å². The van der Waals surface area contributed by atoms with Gasteiger partial charge in [0.2, 0.25) is 5.91 Å². The highest BCUT2D eigenvalue weighted by atomic mass is 16.1. The second-order valence-corrected chi connectivity index (χ2v) is 3.62. The van der Waals surface area contributed by atoms with Crippen LogP contribution in [0.1, 0.15) is 29.2 Å². The molecule has 3 heteroatoms. The molecule has 0 heterocycles. The molecule has 0 aliphatic heterocycles. The first-order valence-electron chi connectivity index (χ1n) is 4.61. The van der Waals surface area contributed by atoms with Crippen LogP contribution in [0.15, 0.2) is 18.2 Å². The van der Waals surface area contributed by atoms with Gasteiger partial charge in [-0.1, -0.05) is 18.2 Å². The van der Waals surface area contributed by atoms with Gasteiger partial charge in [0.1, 0.15) is 0 Å². The quantitative estimate of drug-likeness (QED) is 0.755. The summed E-state index contributed by atoms with van der Waals surface area (Å²) in [7, 11) is 0. The van der Waals surface area contributed by atoms with E-state index in [0.29, 0.717) is 0 Å². The van der Waals surface area contributed by atoms with Crippen molar-refractivity contribution < 1.29 is 4.79 Å². The normalized spacial score (nSPS) is 12.5. The molecule has 0 saturated carbocycles. The highest BCUT2D eigenvalue weighted by Crippen LogP contribution is 2.17. The first-order valence-corrected chi connectivity index (χ1v) is 4.61. The van der Waals surface area contributed by atoms with Crippen molar-refractivity contribution >= 4 is 5.91 Å². The molecular weight excluding hydrogens is 176 g/mol. The van der Waals surface area contributed by atoms with Crippen molar-refractivity contribution in [1.82, 2.24) is 0 Å². The maximum Gasteiger partial charge on any atom is 0.219 e. The van der Waals surface area contributed by atoms with Crippen LogP contribution in [0.5, 0.6) is 0 Å². The van der Waals surface area contributed by atoms with E-state index < -0.39 is 0 Å². The van der Waals surface area contributed by atoms with Crippen molar-refractivity contribution in [1.29, 1.82) is 0 Å². The van der Waals surface area contributed by atoms with E-state index in [1.165, 1.54) is 11.1 Å². The molecule has 0 radical (unpaired) electrons. The van der Waals surface area contributed by atoms with Crippen molar-refractivity contribution in [2.75, 3.05) is 0 Å². The van der Waals surface area contributed by atoms with Crippen LogP contribution in [0, 0.1) is 13.8 Å². The molecule has 0 aliphatic carbocycles. The Balaban J connectivity index is 2.85. The Hall–Kier alpha value is -1.35. The molecule has 14 heavy (non-hydrogen) atoms. The van der Waals surface area contributed by atoms with Gasteiger partial charge >= 0.3 is 0 Å². The van der Waals surface area contributed by atoms with Crippen molar-refractivity contribution in [3.63, 3.8) is 0 Å². The molecule has 1 atom stereocenters. The molecule has 0 unspecified atom stereocenters. The second kappa shape index (κ2) is 4.24. The van der Waals surface area contributed by atoms with Gasteiger partial charge in [0.05, 0.1) is 0 Å². The maximum atomic E-state index is 10.7. The number of hydrogen-bond donors (Lipinski definition) is 2. The Kier molecular flexibility index (Phi) is 3.25. The third kappa shape index (κ3) is 2.57. The molecule has 0 spiro atoms. The summed E-state index contributed by atoms with van der Waals surface area (Å²) in [5, 5.41) is 0. The van der Waals surface area contributed by atoms with Crippen LogP contribution in [0.2, 0.25) is 0 Å². The molecule has 0 bridgehead atoms.